The van der Waals surface area contributed by atoms with Crippen molar-refractivity contribution in [1.29, 1.82) is 0 Å². The molecule has 0 saturated carbocycles. The molecular formula is C10H12ClN5O2S. The lowest BCUT2D eigenvalue weighted by atomic mass is 10.1. The summed E-state index contributed by atoms with van der Waals surface area (Å²) in [6, 6.07) is 0. The number of rotatable bonds is 2. The molecule has 102 valence electrons. The Bertz CT molecular complexity index is 690. The summed E-state index contributed by atoms with van der Waals surface area (Å²) in [5.74, 6) is 0.354. The summed E-state index contributed by atoms with van der Waals surface area (Å²) in [5.41, 5.74) is 0.00267. The standard InChI is InChI=1S/C10H12ClN5O2S/c1-10(2,3)16-8(7-4-12-6-13-5-7)14-15-9(16)19(11,17)18/h4-6H,1-3H3. The van der Waals surface area contributed by atoms with Crippen molar-refractivity contribution in [3.8, 4) is 11.4 Å². The van der Waals surface area contributed by atoms with Gasteiger partial charge in [-0.1, -0.05) is 0 Å². The first-order chi connectivity index (χ1) is 8.71. The minimum atomic E-state index is -3.98. The van der Waals surface area contributed by atoms with Crippen LogP contribution in [0.5, 0.6) is 0 Å². The van der Waals surface area contributed by atoms with Gasteiger partial charge in [-0.3, -0.25) is 4.57 Å². The zero-order chi connectivity index (χ0) is 14.3. The first-order valence-electron chi connectivity index (χ1n) is 5.37. The van der Waals surface area contributed by atoms with Crippen LogP contribution in [0.1, 0.15) is 20.8 Å². The van der Waals surface area contributed by atoms with E-state index in [4.69, 9.17) is 10.7 Å². The van der Waals surface area contributed by atoms with E-state index >= 15 is 0 Å². The number of aromatic nitrogens is 5. The molecule has 7 nitrogen and oxygen atoms in total. The van der Waals surface area contributed by atoms with E-state index in [-0.39, 0.29) is 5.16 Å². The maximum Gasteiger partial charge on any atom is 0.296 e. The number of hydrogen-bond donors (Lipinski definition) is 0. The Morgan fingerprint density at radius 2 is 1.74 bits per heavy atom. The molecule has 0 amide bonds. The van der Waals surface area contributed by atoms with E-state index in [0.717, 1.165) is 0 Å². The van der Waals surface area contributed by atoms with E-state index in [9.17, 15) is 8.42 Å². The molecule has 19 heavy (non-hydrogen) atoms. The molecule has 0 radical (unpaired) electrons. The lowest BCUT2D eigenvalue weighted by molar-refractivity contribution is 0.367. The van der Waals surface area contributed by atoms with Crippen LogP contribution in [0.3, 0.4) is 0 Å². The third kappa shape index (κ3) is 2.74. The fourth-order valence-corrected chi connectivity index (χ4v) is 2.65. The lowest BCUT2D eigenvalue weighted by Gasteiger charge is -2.23. The Hall–Kier alpha value is -1.54. The van der Waals surface area contributed by atoms with Gasteiger partial charge in [-0.2, -0.15) is 0 Å². The van der Waals surface area contributed by atoms with Crippen LogP contribution in [0.2, 0.25) is 0 Å². The van der Waals surface area contributed by atoms with Crippen molar-refractivity contribution in [2.75, 3.05) is 0 Å². The van der Waals surface area contributed by atoms with Gasteiger partial charge in [-0.25, -0.2) is 18.4 Å². The van der Waals surface area contributed by atoms with Crippen LogP contribution in [-0.4, -0.2) is 33.2 Å². The topological polar surface area (TPSA) is 90.6 Å². The second kappa shape index (κ2) is 4.53. The van der Waals surface area contributed by atoms with Crippen molar-refractivity contribution < 1.29 is 8.42 Å². The van der Waals surface area contributed by atoms with Gasteiger partial charge in [-0.05, 0) is 20.8 Å². The molecule has 0 N–H and O–H groups in total. The molecule has 0 bridgehead atoms. The molecule has 0 spiro atoms. The molecule has 2 heterocycles. The van der Waals surface area contributed by atoms with Gasteiger partial charge in [0.15, 0.2) is 5.82 Å². The van der Waals surface area contributed by atoms with Crippen LogP contribution in [-0.2, 0) is 14.6 Å². The Morgan fingerprint density at radius 3 is 2.21 bits per heavy atom. The molecule has 0 aliphatic carbocycles. The summed E-state index contributed by atoms with van der Waals surface area (Å²) < 4.78 is 24.6. The van der Waals surface area contributed by atoms with E-state index in [1.807, 2.05) is 20.8 Å². The molecule has 9 heteroatoms. The fraction of sp³-hybridized carbons (Fsp3) is 0.400. The minimum Gasteiger partial charge on any atom is -0.291 e. The van der Waals surface area contributed by atoms with Crippen LogP contribution in [0.15, 0.2) is 23.9 Å². The average molecular weight is 302 g/mol. The second-order valence-electron chi connectivity index (χ2n) is 4.88. The van der Waals surface area contributed by atoms with E-state index in [0.29, 0.717) is 11.4 Å². The second-order valence-corrected chi connectivity index (χ2v) is 7.34. The molecule has 0 aliphatic heterocycles. The predicted octanol–water partition coefficient (Wildman–Crippen LogP) is 1.42. The van der Waals surface area contributed by atoms with Gasteiger partial charge >= 0.3 is 0 Å². The maximum absolute atomic E-state index is 11.6. The molecule has 0 unspecified atom stereocenters. The van der Waals surface area contributed by atoms with Crippen LogP contribution < -0.4 is 0 Å². The highest BCUT2D eigenvalue weighted by atomic mass is 35.7. The Morgan fingerprint density at radius 1 is 1.16 bits per heavy atom. The summed E-state index contributed by atoms with van der Waals surface area (Å²) in [6.45, 7) is 5.49. The van der Waals surface area contributed by atoms with Gasteiger partial charge in [0.1, 0.15) is 6.33 Å². The SMILES string of the molecule is CC(C)(C)n1c(-c2cncnc2)nnc1S(=O)(=O)Cl. The van der Waals surface area contributed by atoms with E-state index in [1.54, 1.807) is 0 Å². The number of halogens is 1. The first kappa shape index (κ1) is 13.9. The average Bonchev–Trinajstić information content (AvgIpc) is 2.74. The van der Waals surface area contributed by atoms with Gasteiger partial charge in [0, 0.05) is 28.6 Å². The molecule has 0 aromatic carbocycles. The molecular weight excluding hydrogens is 290 g/mol. The van der Waals surface area contributed by atoms with Crippen molar-refractivity contribution in [2.24, 2.45) is 0 Å². The lowest BCUT2D eigenvalue weighted by Crippen LogP contribution is -2.25. The Balaban J connectivity index is 2.75. The van der Waals surface area contributed by atoms with Crippen molar-refractivity contribution in [3.05, 3.63) is 18.7 Å². The normalized spacial score (nSPS) is 12.6. The van der Waals surface area contributed by atoms with Crippen LogP contribution in [0.25, 0.3) is 11.4 Å². The van der Waals surface area contributed by atoms with Crippen molar-refractivity contribution in [1.82, 2.24) is 24.7 Å². The van der Waals surface area contributed by atoms with Crippen LogP contribution >= 0.6 is 10.7 Å². The molecule has 0 aliphatic rings. The summed E-state index contributed by atoms with van der Waals surface area (Å²) in [4.78, 5) is 7.76. The van der Waals surface area contributed by atoms with Gasteiger partial charge in [0.25, 0.3) is 14.2 Å². The molecule has 2 rings (SSSR count). The van der Waals surface area contributed by atoms with E-state index < -0.39 is 14.6 Å². The minimum absolute atomic E-state index is 0.291. The van der Waals surface area contributed by atoms with E-state index in [2.05, 4.69) is 20.2 Å². The molecule has 0 saturated heterocycles. The Labute approximate surface area is 115 Å². The third-order valence-electron chi connectivity index (χ3n) is 2.34. The van der Waals surface area contributed by atoms with Crippen molar-refractivity contribution in [3.63, 3.8) is 0 Å². The zero-order valence-corrected chi connectivity index (χ0v) is 12.1. The van der Waals surface area contributed by atoms with Crippen molar-refractivity contribution in [2.45, 2.75) is 31.5 Å². The molecule has 2 aromatic rings. The van der Waals surface area contributed by atoms with Gasteiger partial charge in [0.05, 0.1) is 5.56 Å². The van der Waals surface area contributed by atoms with E-state index in [1.165, 1.54) is 23.3 Å². The smallest absolute Gasteiger partial charge is 0.291 e. The highest BCUT2D eigenvalue weighted by molar-refractivity contribution is 8.13. The van der Waals surface area contributed by atoms with Crippen molar-refractivity contribution >= 4 is 19.7 Å². The summed E-state index contributed by atoms with van der Waals surface area (Å²) >= 11 is 0. The largest absolute Gasteiger partial charge is 0.296 e. The predicted molar refractivity (Wildman–Crippen MR) is 69.1 cm³/mol. The number of nitrogens with zero attached hydrogens (tertiary/aromatic N) is 5. The van der Waals surface area contributed by atoms with Gasteiger partial charge in [0.2, 0.25) is 0 Å². The van der Waals surface area contributed by atoms with Crippen LogP contribution in [0, 0.1) is 0 Å². The molecule has 0 fully saturated rings. The quantitative estimate of drug-likeness (QED) is 0.779. The first-order valence-corrected chi connectivity index (χ1v) is 7.68. The maximum atomic E-state index is 11.6. The summed E-state index contributed by atoms with van der Waals surface area (Å²) in [7, 11) is 1.41. The summed E-state index contributed by atoms with van der Waals surface area (Å²) in [5, 5.41) is 7.27. The highest BCUT2D eigenvalue weighted by Gasteiger charge is 2.30. The Kier molecular flexibility index (Phi) is 3.31. The monoisotopic (exact) mass is 301 g/mol. The zero-order valence-electron chi connectivity index (χ0n) is 10.6. The fourth-order valence-electron chi connectivity index (χ4n) is 1.63. The summed E-state index contributed by atoms with van der Waals surface area (Å²) in [6.07, 6.45) is 4.44. The number of hydrogen-bond acceptors (Lipinski definition) is 6. The van der Waals surface area contributed by atoms with Crippen LogP contribution in [0.4, 0.5) is 0 Å². The molecule has 2 aromatic heterocycles. The van der Waals surface area contributed by atoms with Gasteiger partial charge < -0.3 is 0 Å². The third-order valence-corrected chi connectivity index (χ3v) is 3.46. The molecule has 0 atom stereocenters. The van der Waals surface area contributed by atoms with Gasteiger partial charge in [-0.15, -0.1) is 10.2 Å². The highest BCUT2D eigenvalue weighted by Crippen LogP contribution is 2.28.